The van der Waals surface area contributed by atoms with Gasteiger partial charge in [-0.3, -0.25) is 9.78 Å². The minimum absolute atomic E-state index is 0.420. The maximum Gasteiger partial charge on any atom is 0.248 e. The van der Waals surface area contributed by atoms with Crippen molar-refractivity contribution >= 4 is 5.91 Å². The Morgan fingerprint density at radius 2 is 2.00 bits per heavy atom. The van der Waals surface area contributed by atoms with Gasteiger partial charge < -0.3 is 5.73 Å². The first-order chi connectivity index (χ1) is 8.08. The normalized spacial score (nSPS) is 10.2. The van der Waals surface area contributed by atoms with Crippen molar-refractivity contribution < 1.29 is 4.79 Å². The van der Waals surface area contributed by atoms with Crippen LogP contribution in [0.2, 0.25) is 0 Å². The Labute approximate surface area is 100 Å². The number of hydrogen-bond acceptors (Lipinski definition) is 2. The van der Waals surface area contributed by atoms with Crippen LogP contribution in [0.1, 0.15) is 21.5 Å². The van der Waals surface area contributed by atoms with Crippen LogP contribution >= 0.6 is 0 Å². The molecule has 0 bridgehead atoms. The van der Waals surface area contributed by atoms with Gasteiger partial charge in [-0.2, -0.15) is 0 Å². The average molecular weight is 226 g/mol. The van der Waals surface area contributed by atoms with Crippen LogP contribution in [0, 0.1) is 13.8 Å². The third-order valence-electron chi connectivity index (χ3n) is 2.64. The van der Waals surface area contributed by atoms with Crippen molar-refractivity contribution in [1.82, 2.24) is 4.98 Å². The Hall–Kier alpha value is -2.16. The molecule has 1 aromatic carbocycles. The average Bonchev–Trinajstić information content (AvgIpc) is 2.29. The van der Waals surface area contributed by atoms with E-state index in [0.29, 0.717) is 5.56 Å². The summed E-state index contributed by atoms with van der Waals surface area (Å²) in [5.41, 5.74) is 9.78. The van der Waals surface area contributed by atoms with Gasteiger partial charge in [-0.05, 0) is 37.1 Å². The molecule has 0 saturated heterocycles. The first-order valence-corrected chi connectivity index (χ1v) is 5.41. The Morgan fingerprint density at radius 1 is 1.24 bits per heavy atom. The molecule has 86 valence electrons. The first-order valence-electron chi connectivity index (χ1n) is 5.41. The Balaban J connectivity index is 2.53. The predicted molar refractivity (Wildman–Crippen MR) is 67.7 cm³/mol. The summed E-state index contributed by atoms with van der Waals surface area (Å²) in [6, 6.07) is 9.29. The highest BCUT2D eigenvalue weighted by Gasteiger charge is 2.06. The van der Waals surface area contributed by atoms with Gasteiger partial charge in [0, 0.05) is 17.3 Å². The van der Waals surface area contributed by atoms with Crippen molar-refractivity contribution in [2.24, 2.45) is 5.73 Å². The fourth-order valence-electron chi connectivity index (χ4n) is 1.84. The number of aryl methyl sites for hydroxylation is 2. The van der Waals surface area contributed by atoms with E-state index in [1.807, 2.05) is 32.2 Å². The number of rotatable bonds is 2. The van der Waals surface area contributed by atoms with Crippen LogP contribution in [-0.2, 0) is 0 Å². The van der Waals surface area contributed by atoms with Crippen molar-refractivity contribution in [2.75, 3.05) is 0 Å². The highest BCUT2D eigenvalue weighted by Crippen LogP contribution is 2.22. The largest absolute Gasteiger partial charge is 0.366 e. The number of aromatic nitrogens is 1. The monoisotopic (exact) mass is 226 g/mol. The van der Waals surface area contributed by atoms with E-state index in [9.17, 15) is 4.79 Å². The number of benzene rings is 1. The molecule has 0 spiro atoms. The lowest BCUT2D eigenvalue weighted by molar-refractivity contribution is 0.100. The minimum Gasteiger partial charge on any atom is -0.366 e. The van der Waals surface area contributed by atoms with Crippen LogP contribution in [0.15, 0.2) is 36.5 Å². The van der Waals surface area contributed by atoms with Crippen molar-refractivity contribution in [2.45, 2.75) is 13.8 Å². The molecular weight excluding hydrogens is 212 g/mol. The summed E-state index contributed by atoms with van der Waals surface area (Å²) < 4.78 is 0. The number of nitrogens with zero attached hydrogens (tertiary/aromatic N) is 1. The van der Waals surface area contributed by atoms with Gasteiger partial charge in [0.15, 0.2) is 0 Å². The lowest BCUT2D eigenvalue weighted by Crippen LogP contribution is -2.10. The second kappa shape index (κ2) is 4.37. The van der Waals surface area contributed by atoms with Crippen molar-refractivity contribution in [1.29, 1.82) is 0 Å². The van der Waals surface area contributed by atoms with E-state index in [-0.39, 0.29) is 0 Å². The maximum atomic E-state index is 11.1. The van der Waals surface area contributed by atoms with Gasteiger partial charge in [0.2, 0.25) is 5.91 Å². The number of carbonyl (C=O) groups excluding carboxylic acids is 1. The number of amides is 1. The van der Waals surface area contributed by atoms with E-state index in [0.717, 1.165) is 22.4 Å². The molecule has 0 radical (unpaired) electrons. The van der Waals surface area contributed by atoms with Gasteiger partial charge in [0.1, 0.15) is 0 Å². The molecule has 3 heteroatoms. The summed E-state index contributed by atoms with van der Waals surface area (Å²) in [7, 11) is 0. The lowest BCUT2D eigenvalue weighted by atomic mass is 10.0. The van der Waals surface area contributed by atoms with Gasteiger partial charge in [0.05, 0.1) is 5.69 Å². The highest BCUT2D eigenvalue weighted by atomic mass is 16.1. The van der Waals surface area contributed by atoms with E-state index in [1.54, 1.807) is 12.1 Å². The van der Waals surface area contributed by atoms with Crippen LogP contribution in [0.4, 0.5) is 0 Å². The molecule has 0 unspecified atom stereocenters. The van der Waals surface area contributed by atoms with Gasteiger partial charge >= 0.3 is 0 Å². The van der Waals surface area contributed by atoms with E-state index in [2.05, 4.69) is 11.1 Å². The van der Waals surface area contributed by atoms with Crippen molar-refractivity contribution in [3.8, 4) is 11.3 Å². The smallest absolute Gasteiger partial charge is 0.248 e. The predicted octanol–water partition coefficient (Wildman–Crippen LogP) is 2.46. The zero-order chi connectivity index (χ0) is 12.4. The summed E-state index contributed by atoms with van der Waals surface area (Å²) in [5, 5.41) is 0. The molecule has 1 aromatic heterocycles. The van der Waals surface area contributed by atoms with Crippen LogP contribution in [0.25, 0.3) is 11.3 Å². The standard InChI is InChI=1S/C14H14N2O/c1-9-6-10(2)13(16-8-9)11-4-3-5-12(7-11)14(15)17/h3-8H,1-2H3,(H2,15,17). The fourth-order valence-corrected chi connectivity index (χ4v) is 1.84. The number of hydrogen-bond donors (Lipinski definition) is 1. The summed E-state index contributed by atoms with van der Waals surface area (Å²) in [5.74, 6) is -0.420. The van der Waals surface area contributed by atoms with E-state index >= 15 is 0 Å². The van der Waals surface area contributed by atoms with E-state index in [1.165, 1.54) is 0 Å². The summed E-state index contributed by atoms with van der Waals surface area (Å²) in [6.07, 6.45) is 1.82. The van der Waals surface area contributed by atoms with Gasteiger partial charge in [-0.25, -0.2) is 0 Å². The zero-order valence-electron chi connectivity index (χ0n) is 9.90. The molecule has 2 rings (SSSR count). The molecule has 2 N–H and O–H groups in total. The summed E-state index contributed by atoms with van der Waals surface area (Å²) >= 11 is 0. The van der Waals surface area contributed by atoms with Crippen molar-refractivity contribution in [3.05, 3.63) is 53.2 Å². The van der Waals surface area contributed by atoms with Crippen LogP contribution in [0.5, 0.6) is 0 Å². The van der Waals surface area contributed by atoms with E-state index in [4.69, 9.17) is 5.73 Å². The topological polar surface area (TPSA) is 56.0 Å². The van der Waals surface area contributed by atoms with Gasteiger partial charge in [0.25, 0.3) is 0 Å². The van der Waals surface area contributed by atoms with Crippen LogP contribution in [0.3, 0.4) is 0 Å². The number of carbonyl (C=O) groups is 1. The van der Waals surface area contributed by atoms with Crippen LogP contribution in [-0.4, -0.2) is 10.9 Å². The maximum absolute atomic E-state index is 11.1. The molecule has 17 heavy (non-hydrogen) atoms. The number of pyridine rings is 1. The van der Waals surface area contributed by atoms with Gasteiger partial charge in [-0.15, -0.1) is 0 Å². The quantitative estimate of drug-likeness (QED) is 0.855. The number of nitrogens with two attached hydrogens (primary N) is 1. The molecule has 1 heterocycles. The molecule has 0 saturated carbocycles. The number of primary amides is 1. The van der Waals surface area contributed by atoms with Crippen LogP contribution < -0.4 is 5.73 Å². The van der Waals surface area contributed by atoms with E-state index < -0.39 is 5.91 Å². The second-order valence-electron chi connectivity index (χ2n) is 4.12. The molecule has 0 aliphatic rings. The molecule has 3 nitrogen and oxygen atoms in total. The zero-order valence-corrected chi connectivity index (χ0v) is 9.90. The van der Waals surface area contributed by atoms with Crippen molar-refractivity contribution in [3.63, 3.8) is 0 Å². The molecule has 1 amide bonds. The Kier molecular flexibility index (Phi) is 2.91. The SMILES string of the molecule is Cc1cnc(-c2cccc(C(N)=O)c2)c(C)c1. The molecule has 0 aliphatic carbocycles. The summed E-state index contributed by atoms with van der Waals surface area (Å²) in [6.45, 7) is 4.01. The third kappa shape index (κ3) is 2.33. The highest BCUT2D eigenvalue weighted by molar-refractivity contribution is 5.94. The van der Waals surface area contributed by atoms with Gasteiger partial charge in [-0.1, -0.05) is 18.2 Å². The molecule has 0 fully saturated rings. The molecule has 0 atom stereocenters. The summed E-state index contributed by atoms with van der Waals surface area (Å²) in [4.78, 5) is 15.5. The first kappa shape index (κ1) is 11.3. The fraction of sp³-hybridized carbons (Fsp3) is 0.143. The Morgan fingerprint density at radius 3 is 2.65 bits per heavy atom. The second-order valence-corrected chi connectivity index (χ2v) is 4.12. The third-order valence-corrected chi connectivity index (χ3v) is 2.64. The Bertz CT molecular complexity index is 576. The molecule has 2 aromatic rings. The lowest BCUT2D eigenvalue weighted by Gasteiger charge is -2.06. The molecular formula is C14H14N2O. The minimum atomic E-state index is -0.420. The molecule has 0 aliphatic heterocycles.